The average molecular weight is 211 g/mol. The third-order valence-corrected chi connectivity index (χ3v) is 2.59. The molecule has 4 nitrogen and oxygen atoms in total. The Hall–Kier alpha value is -1.40. The number of benzene rings is 1. The molecule has 1 aromatic carbocycles. The molecule has 5 heteroatoms. The summed E-state index contributed by atoms with van der Waals surface area (Å²) in [7, 11) is -3.76. The fraction of sp³-hybridized carbons (Fsp3) is 0. The molecule has 0 atom stereocenters. The Bertz CT molecular complexity index is 367. The van der Waals surface area contributed by atoms with Crippen LogP contribution in [0.3, 0.4) is 0 Å². The van der Waals surface area contributed by atoms with E-state index in [1.54, 1.807) is 0 Å². The molecule has 0 unspecified atom stereocenters. The maximum absolute atomic E-state index is 9.19. The van der Waals surface area contributed by atoms with Gasteiger partial charge in [0.25, 0.3) is 0 Å². The van der Waals surface area contributed by atoms with Crippen LogP contribution in [0.5, 0.6) is 5.75 Å². The Morgan fingerprint density at radius 3 is 2.36 bits per heavy atom. The van der Waals surface area contributed by atoms with Crippen molar-refractivity contribution < 1.29 is 14.3 Å². The van der Waals surface area contributed by atoms with Crippen molar-refractivity contribution in [1.82, 2.24) is 0 Å². The molecule has 0 aliphatic rings. The normalized spacial score (nSPS) is 11.5. The number of nitrogens with zero attached hydrogens (tertiary/aromatic N) is 1. The van der Waals surface area contributed by atoms with Crippen LogP contribution in [0.1, 0.15) is 5.56 Å². The molecule has 0 heterocycles. The molecule has 1 aromatic rings. The molecule has 0 fully saturated rings. The second kappa shape index (κ2) is 4.21. The summed E-state index contributed by atoms with van der Waals surface area (Å²) >= 11 is 0. The van der Waals surface area contributed by atoms with Crippen LogP contribution in [0.15, 0.2) is 36.7 Å². The van der Waals surface area contributed by atoms with E-state index < -0.39 is 7.94 Å². The van der Waals surface area contributed by atoms with Crippen molar-refractivity contribution in [3.8, 4) is 11.8 Å². The predicted octanol–water partition coefficient (Wildman–Crippen LogP) is 1.56. The first-order valence-corrected chi connectivity index (χ1v) is 5.73. The van der Waals surface area contributed by atoms with E-state index in [0.29, 0.717) is 11.3 Å². The molecule has 0 aliphatic heterocycles. The fourth-order valence-corrected chi connectivity index (χ4v) is 1.38. The summed E-state index contributed by atoms with van der Waals surface area (Å²) in [6.45, 7) is 3.25. The van der Waals surface area contributed by atoms with Crippen LogP contribution in [0, 0.1) is 11.3 Å². The van der Waals surface area contributed by atoms with Gasteiger partial charge in [-0.05, 0) is 0 Å². The minimum absolute atomic E-state index is 0.306. The first-order valence-electron chi connectivity index (χ1n) is 3.85. The zero-order valence-electron chi connectivity index (χ0n) is 7.34. The third-order valence-electron chi connectivity index (χ3n) is 1.52. The molecule has 0 bridgehead atoms. The van der Waals surface area contributed by atoms with Gasteiger partial charge < -0.3 is 0 Å². The second-order valence-corrected chi connectivity index (χ2v) is 4.53. The Morgan fingerprint density at radius 1 is 1.36 bits per heavy atom. The number of hydrogen-bond donors (Lipinski definition) is 2. The van der Waals surface area contributed by atoms with Crippen molar-refractivity contribution in [3.05, 3.63) is 42.2 Å². The van der Waals surface area contributed by atoms with Crippen molar-refractivity contribution >= 4 is 7.94 Å². The Balaban J connectivity index is 2.80. The standard InChI is InChI=1S/C9H10NO3P/c1-2-14(11,12)13-9-5-3-8(7-10)4-6-9/h2-6,11-12,14H,1H2. The second-order valence-electron chi connectivity index (χ2n) is 2.60. The summed E-state index contributed by atoms with van der Waals surface area (Å²) in [6, 6.07) is 8.00. The van der Waals surface area contributed by atoms with Gasteiger partial charge in [0.2, 0.25) is 0 Å². The fourth-order valence-electron chi connectivity index (χ4n) is 0.813. The van der Waals surface area contributed by atoms with Crippen LogP contribution in [-0.2, 0) is 0 Å². The molecule has 14 heavy (non-hydrogen) atoms. The Morgan fingerprint density at radius 2 is 1.93 bits per heavy atom. The molecule has 0 aliphatic carbocycles. The zero-order chi connectivity index (χ0) is 10.6. The molecule has 74 valence electrons. The van der Waals surface area contributed by atoms with E-state index in [2.05, 4.69) is 6.58 Å². The van der Waals surface area contributed by atoms with E-state index in [9.17, 15) is 9.79 Å². The molecular formula is C9H10NO3P. The van der Waals surface area contributed by atoms with Crippen LogP contribution in [-0.4, -0.2) is 9.79 Å². The molecular weight excluding hydrogens is 201 g/mol. The van der Waals surface area contributed by atoms with Crippen molar-refractivity contribution in [2.75, 3.05) is 0 Å². The summed E-state index contributed by atoms with van der Waals surface area (Å²) in [5.74, 6) is 1.30. The topological polar surface area (TPSA) is 73.5 Å². The van der Waals surface area contributed by atoms with E-state index in [1.165, 1.54) is 24.3 Å². The Labute approximate surface area is 82.3 Å². The number of nitriles is 1. The van der Waals surface area contributed by atoms with Crippen molar-refractivity contribution in [2.24, 2.45) is 0 Å². The monoisotopic (exact) mass is 211 g/mol. The van der Waals surface area contributed by atoms with Crippen molar-refractivity contribution in [3.63, 3.8) is 0 Å². The van der Waals surface area contributed by atoms with Crippen LogP contribution in [0.25, 0.3) is 0 Å². The quantitative estimate of drug-likeness (QED) is 0.744. The summed E-state index contributed by atoms with van der Waals surface area (Å²) < 4.78 is 4.87. The van der Waals surface area contributed by atoms with E-state index in [4.69, 9.17) is 9.79 Å². The van der Waals surface area contributed by atoms with Gasteiger partial charge in [0, 0.05) is 0 Å². The van der Waals surface area contributed by atoms with Gasteiger partial charge in [-0.1, -0.05) is 0 Å². The molecule has 0 radical (unpaired) electrons. The third kappa shape index (κ3) is 2.82. The first kappa shape index (κ1) is 10.7. The summed E-state index contributed by atoms with van der Waals surface area (Å²) in [5, 5.41) is 8.51. The molecule has 0 amide bonds. The van der Waals surface area contributed by atoms with Crippen molar-refractivity contribution in [2.45, 2.75) is 0 Å². The zero-order valence-corrected chi connectivity index (χ0v) is 8.34. The molecule has 0 saturated heterocycles. The van der Waals surface area contributed by atoms with E-state index >= 15 is 0 Å². The van der Waals surface area contributed by atoms with Crippen LogP contribution in [0.4, 0.5) is 0 Å². The van der Waals surface area contributed by atoms with Gasteiger partial charge in [-0.15, -0.1) is 0 Å². The van der Waals surface area contributed by atoms with Gasteiger partial charge in [-0.2, -0.15) is 0 Å². The predicted molar refractivity (Wildman–Crippen MR) is 54.7 cm³/mol. The summed E-state index contributed by atoms with van der Waals surface area (Å²) in [5.41, 5.74) is 0.485. The molecule has 0 saturated carbocycles. The van der Waals surface area contributed by atoms with E-state index in [0.717, 1.165) is 5.82 Å². The van der Waals surface area contributed by atoms with E-state index in [1.807, 2.05) is 6.07 Å². The first-order chi connectivity index (χ1) is 6.57. The van der Waals surface area contributed by atoms with Gasteiger partial charge in [-0.3, -0.25) is 0 Å². The van der Waals surface area contributed by atoms with Gasteiger partial charge in [0.05, 0.1) is 0 Å². The number of rotatable bonds is 3. The van der Waals surface area contributed by atoms with E-state index in [-0.39, 0.29) is 0 Å². The molecule has 0 spiro atoms. The van der Waals surface area contributed by atoms with Crippen molar-refractivity contribution in [1.29, 1.82) is 5.26 Å². The molecule has 2 N–H and O–H groups in total. The Kier molecular flexibility index (Phi) is 3.21. The van der Waals surface area contributed by atoms with Gasteiger partial charge in [-0.25, -0.2) is 0 Å². The maximum atomic E-state index is 9.19. The summed E-state index contributed by atoms with van der Waals surface area (Å²) in [4.78, 5) is 18.4. The van der Waals surface area contributed by atoms with Gasteiger partial charge in [0.1, 0.15) is 0 Å². The SMILES string of the molecule is C=C[PH](O)(O)Oc1ccc(C#N)cc1. The van der Waals surface area contributed by atoms with Crippen LogP contribution in [0.2, 0.25) is 0 Å². The van der Waals surface area contributed by atoms with Gasteiger partial charge >= 0.3 is 81.6 Å². The van der Waals surface area contributed by atoms with Crippen LogP contribution < -0.4 is 4.52 Å². The van der Waals surface area contributed by atoms with Crippen LogP contribution >= 0.6 is 7.94 Å². The molecule has 0 aromatic heterocycles. The average Bonchev–Trinajstić information content (AvgIpc) is 2.19. The van der Waals surface area contributed by atoms with Gasteiger partial charge in [0.15, 0.2) is 0 Å². The number of hydrogen-bond acceptors (Lipinski definition) is 4. The molecule has 1 rings (SSSR count). The summed E-state index contributed by atoms with van der Waals surface area (Å²) in [6.07, 6.45) is 0. The minimum atomic E-state index is -3.76.